The molecule has 2 aliphatic rings. The van der Waals surface area contributed by atoms with Crippen LogP contribution in [0.1, 0.15) is 58.7 Å². The maximum absolute atomic E-state index is 13.1. The summed E-state index contributed by atoms with van der Waals surface area (Å²) in [6, 6.07) is 7.69. The average molecular weight is 681 g/mol. The SMILES string of the molecule is CCOCc1nc2c(N)nc3ccccc3c2n1CC(C)(C)NC(=O)CNC(=O)C1CCC(CN2C(=O)CC(SCC(N)=O)C2=O)CC1. The number of anilines is 1. The van der Waals surface area contributed by atoms with Gasteiger partial charge in [0.1, 0.15) is 17.9 Å². The molecule has 1 aliphatic carbocycles. The molecule has 3 aromatic rings. The van der Waals surface area contributed by atoms with Gasteiger partial charge in [0.25, 0.3) is 0 Å². The van der Waals surface area contributed by atoms with E-state index in [1.807, 2.05) is 49.6 Å². The number of hydrogen-bond donors (Lipinski definition) is 4. The van der Waals surface area contributed by atoms with Crippen molar-refractivity contribution in [2.75, 3.05) is 31.2 Å². The monoisotopic (exact) mass is 680 g/mol. The van der Waals surface area contributed by atoms with E-state index in [4.69, 9.17) is 21.2 Å². The number of hydrogen-bond acceptors (Lipinski definition) is 10. The number of nitrogens with zero attached hydrogens (tertiary/aromatic N) is 4. The van der Waals surface area contributed by atoms with Crippen LogP contribution in [0, 0.1) is 11.8 Å². The topological polar surface area (TPSA) is 205 Å². The lowest BCUT2D eigenvalue weighted by Crippen LogP contribution is -2.50. The Kier molecular flexibility index (Phi) is 10.9. The number of primary amides is 1. The van der Waals surface area contributed by atoms with Gasteiger partial charge in [-0.3, -0.25) is 28.9 Å². The van der Waals surface area contributed by atoms with Crippen molar-refractivity contribution in [3.63, 3.8) is 0 Å². The Morgan fingerprint density at radius 3 is 2.54 bits per heavy atom. The number of benzene rings is 1. The van der Waals surface area contributed by atoms with Gasteiger partial charge in [0, 0.05) is 37.4 Å². The van der Waals surface area contributed by atoms with Crippen molar-refractivity contribution in [1.29, 1.82) is 0 Å². The van der Waals surface area contributed by atoms with Gasteiger partial charge in [-0.15, -0.1) is 11.8 Å². The first-order valence-corrected chi connectivity index (χ1v) is 17.4. The molecule has 1 saturated carbocycles. The zero-order chi connectivity index (χ0) is 34.6. The van der Waals surface area contributed by atoms with Crippen molar-refractivity contribution in [3.8, 4) is 0 Å². The highest BCUT2D eigenvalue weighted by Gasteiger charge is 2.40. The summed E-state index contributed by atoms with van der Waals surface area (Å²) >= 11 is 1.10. The number of likely N-dealkylation sites (tertiary alicyclic amines) is 1. The third-order valence-corrected chi connectivity index (χ3v) is 10.1. The van der Waals surface area contributed by atoms with Crippen molar-refractivity contribution in [1.82, 2.24) is 30.1 Å². The number of carbonyl (C=O) groups excluding carboxylic acids is 5. The number of thioether (sulfide) groups is 1. The predicted molar refractivity (Wildman–Crippen MR) is 182 cm³/mol. The Hall–Kier alpha value is -4.24. The molecule has 1 unspecified atom stereocenters. The second-order valence-corrected chi connectivity index (χ2v) is 14.3. The van der Waals surface area contributed by atoms with Gasteiger partial charge in [0.2, 0.25) is 29.5 Å². The standard InChI is InChI=1S/C33H44N8O6S/c1-4-47-16-25-38-28-29(21-7-5-6-8-22(21)37-30(28)35)41(25)18-33(2,3)39-26(43)14-36-31(45)20-11-9-19(10-12-20)15-40-27(44)13-23(32(40)46)48-17-24(34)42/h5-8,19-20,23H,4,9-18H2,1-3H3,(H2,34,42)(H2,35,37)(H,36,45)(H,39,43). The Balaban J connectivity index is 1.14. The number of para-hydroxylation sites is 1. The third-order valence-electron chi connectivity index (χ3n) is 8.87. The number of imide groups is 1. The van der Waals surface area contributed by atoms with E-state index < -0.39 is 16.7 Å². The average Bonchev–Trinajstić information content (AvgIpc) is 3.53. The molecule has 2 aromatic heterocycles. The molecule has 6 N–H and O–H groups in total. The Morgan fingerprint density at radius 2 is 1.83 bits per heavy atom. The first-order valence-electron chi connectivity index (χ1n) is 16.3. The van der Waals surface area contributed by atoms with E-state index in [2.05, 4.69) is 15.6 Å². The number of rotatable bonds is 14. The number of amides is 5. The van der Waals surface area contributed by atoms with Gasteiger partial charge < -0.3 is 31.4 Å². The van der Waals surface area contributed by atoms with Gasteiger partial charge in [-0.1, -0.05) is 18.2 Å². The first kappa shape index (κ1) is 35.1. The van der Waals surface area contributed by atoms with Crippen LogP contribution in [0.3, 0.4) is 0 Å². The lowest BCUT2D eigenvalue weighted by atomic mass is 9.81. The highest BCUT2D eigenvalue weighted by molar-refractivity contribution is 8.01. The van der Waals surface area contributed by atoms with Crippen LogP contribution in [0.2, 0.25) is 0 Å². The molecule has 3 heterocycles. The zero-order valence-electron chi connectivity index (χ0n) is 27.6. The molecule has 0 radical (unpaired) electrons. The van der Waals surface area contributed by atoms with Crippen molar-refractivity contribution in [2.45, 2.75) is 76.8 Å². The smallest absolute Gasteiger partial charge is 0.242 e. The van der Waals surface area contributed by atoms with E-state index in [0.29, 0.717) is 62.5 Å². The maximum atomic E-state index is 13.1. The molecule has 0 spiro atoms. The van der Waals surface area contributed by atoms with Gasteiger partial charge >= 0.3 is 0 Å². The molecule has 2 fully saturated rings. The fourth-order valence-corrected chi connectivity index (χ4v) is 7.47. The van der Waals surface area contributed by atoms with Gasteiger partial charge in [0.15, 0.2) is 5.82 Å². The number of nitrogens with two attached hydrogens (primary N) is 2. The van der Waals surface area contributed by atoms with Crippen LogP contribution in [-0.2, 0) is 41.9 Å². The molecule has 1 aromatic carbocycles. The number of pyridine rings is 1. The second-order valence-electron chi connectivity index (χ2n) is 13.1. The molecular formula is C33H44N8O6S. The van der Waals surface area contributed by atoms with Gasteiger partial charge in [-0.05, 0) is 58.4 Å². The Morgan fingerprint density at radius 1 is 1.10 bits per heavy atom. The molecule has 1 saturated heterocycles. The minimum absolute atomic E-state index is 0.00460. The van der Waals surface area contributed by atoms with E-state index in [-0.39, 0.29) is 60.8 Å². The first-order chi connectivity index (χ1) is 22.9. The summed E-state index contributed by atoms with van der Waals surface area (Å²) in [6.07, 6.45) is 2.64. The highest BCUT2D eigenvalue weighted by atomic mass is 32.2. The zero-order valence-corrected chi connectivity index (χ0v) is 28.4. The molecule has 258 valence electrons. The third kappa shape index (κ3) is 8.06. The molecule has 5 rings (SSSR count). The molecule has 15 heteroatoms. The summed E-state index contributed by atoms with van der Waals surface area (Å²) in [5.74, 6) is -0.717. The fourth-order valence-electron chi connectivity index (χ4n) is 6.57. The number of carbonyl (C=O) groups is 5. The van der Waals surface area contributed by atoms with Crippen LogP contribution in [0.4, 0.5) is 5.82 Å². The van der Waals surface area contributed by atoms with E-state index in [0.717, 1.165) is 28.2 Å². The number of ether oxygens (including phenoxy) is 1. The van der Waals surface area contributed by atoms with Crippen LogP contribution < -0.4 is 22.1 Å². The molecule has 0 bridgehead atoms. The Bertz CT molecular complexity index is 1720. The number of imidazole rings is 1. The molecule has 1 atom stereocenters. The van der Waals surface area contributed by atoms with E-state index in [1.54, 1.807) is 0 Å². The summed E-state index contributed by atoms with van der Waals surface area (Å²) in [7, 11) is 0. The summed E-state index contributed by atoms with van der Waals surface area (Å²) < 4.78 is 7.72. The minimum atomic E-state index is -0.727. The van der Waals surface area contributed by atoms with Gasteiger partial charge in [-0.2, -0.15) is 0 Å². The van der Waals surface area contributed by atoms with Crippen LogP contribution in [0.25, 0.3) is 21.9 Å². The molecule has 5 amide bonds. The van der Waals surface area contributed by atoms with Crippen molar-refractivity contribution in [3.05, 3.63) is 30.1 Å². The predicted octanol–water partition coefficient (Wildman–Crippen LogP) is 1.87. The Labute approximate surface area is 283 Å². The van der Waals surface area contributed by atoms with Crippen molar-refractivity contribution in [2.24, 2.45) is 17.6 Å². The summed E-state index contributed by atoms with van der Waals surface area (Å²) in [6.45, 7) is 7.02. The summed E-state index contributed by atoms with van der Waals surface area (Å²) in [4.78, 5) is 72.9. The number of aromatic nitrogens is 3. The van der Waals surface area contributed by atoms with Crippen molar-refractivity contribution < 1.29 is 28.7 Å². The van der Waals surface area contributed by atoms with Crippen LogP contribution in [-0.4, -0.2) is 85.2 Å². The van der Waals surface area contributed by atoms with Gasteiger partial charge in [0.05, 0.1) is 34.1 Å². The summed E-state index contributed by atoms with van der Waals surface area (Å²) in [5.41, 5.74) is 12.9. The normalized spacial score (nSPS) is 20.1. The lowest BCUT2D eigenvalue weighted by molar-refractivity contribution is -0.139. The highest BCUT2D eigenvalue weighted by Crippen LogP contribution is 2.33. The van der Waals surface area contributed by atoms with Crippen LogP contribution in [0.15, 0.2) is 24.3 Å². The van der Waals surface area contributed by atoms with E-state index in [9.17, 15) is 24.0 Å². The second kappa shape index (κ2) is 14.9. The minimum Gasteiger partial charge on any atom is -0.382 e. The fraction of sp³-hybridized carbons (Fsp3) is 0.545. The molecule has 14 nitrogen and oxygen atoms in total. The quantitative estimate of drug-likeness (QED) is 0.182. The van der Waals surface area contributed by atoms with Gasteiger partial charge in [-0.25, -0.2) is 9.97 Å². The van der Waals surface area contributed by atoms with E-state index in [1.165, 1.54) is 4.90 Å². The number of nitrogens with one attached hydrogen (secondary N) is 2. The number of fused-ring (bicyclic) bond motifs is 3. The van der Waals surface area contributed by atoms with Crippen molar-refractivity contribution >= 4 is 69.1 Å². The lowest BCUT2D eigenvalue weighted by Gasteiger charge is -2.30. The van der Waals surface area contributed by atoms with Crippen LogP contribution >= 0.6 is 11.8 Å². The van der Waals surface area contributed by atoms with Crippen LogP contribution in [0.5, 0.6) is 0 Å². The van der Waals surface area contributed by atoms with E-state index >= 15 is 0 Å². The molecular weight excluding hydrogens is 636 g/mol. The summed E-state index contributed by atoms with van der Waals surface area (Å²) in [5, 5.41) is 6.16. The molecule has 1 aliphatic heterocycles. The number of nitrogen functional groups attached to an aromatic ring is 1. The molecule has 48 heavy (non-hydrogen) atoms. The largest absolute Gasteiger partial charge is 0.382 e. The maximum Gasteiger partial charge on any atom is 0.242 e.